The normalized spacial score (nSPS) is 11.1. The molecule has 0 aliphatic heterocycles. The summed E-state index contributed by atoms with van der Waals surface area (Å²) in [6, 6.07) is 7.06. The number of nitrogens with one attached hydrogen (secondary N) is 2. The summed E-state index contributed by atoms with van der Waals surface area (Å²) in [5.41, 5.74) is 4.33. The maximum absolute atomic E-state index is 12.7. The summed E-state index contributed by atoms with van der Waals surface area (Å²) in [5.74, 6) is -0.560. The lowest BCUT2D eigenvalue weighted by atomic mass is 10.0. The van der Waals surface area contributed by atoms with Crippen LogP contribution >= 0.6 is 0 Å². The largest absolute Gasteiger partial charge is 0.416 e. The quantitative estimate of drug-likeness (QED) is 0.643. The molecule has 9 heteroatoms. The highest BCUT2D eigenvalue weighted by Gasteiger charge is 2.33. The molecule has 0 aromatic heterocycles. The fourth-order valence-electron chi connectivity index (χ4n) is 2.15. The first-order chi connectivity index (χ1) is 11.6. The Balaban J connectivity index is 2.24. The van der Waals surface area contributed by atoms with E-state index in [-0.39, 0.29) is 5.69 Å². The number of hydrogen-bond acceptors (Lipinski definition) is 4. The van der Waals surface area contributed by atoms with Crippen LogP contribution in [0.15, 0.2) is 36.4 Å². The van der Waals surface area contributed by atoms with E-state index in [1.165, 1.54) is 0 Å². The number of anilines is 1. The van der Waals surface area contributed by atoms with Gasteiger partial charge in [0.2, 0.25) is 0 Å². The number of nitro groups is 1. The van der Waals surface area contributed by atoms with E-state index < -0.39 is 28.3 Å². The van der Waals surface area contributed by atoms with Crippen LogP contribution in [-0.4, -0.2) is 10.8 Å². The van der Waals surface area contributed by atoms with Crippen LogP contribution in [0.25, 0.3) is 0 Å². The minimum atomic E-state index is -4.70. The number of nitrogens with zero attached hydrogens (tertiary/aromatic N) is 1. The number of alkyl halides is 3. The number of halogens is 3. The maximum atomic E-state index is 12.7. The van der Waals surface area contributed by atoms with Gasteiger partial charge in [0.15, 0.2) is 0 Å². The average Bonchev–Trinajstić information content (AvgIpc) is 2.54. The maximum Gasteiger partial charge on any atom is 0.416 e. The molecule has 1 amide bonds. The number of nitro benzene ring substituents is 1. The van der Waals surface area contributed by atoms with Gasteiger partial charge in [-0.25, -0.2) is 0 Å². The highest BCUT2D eigenvalue weighted by atomic mass is 19.4. The molecular formula is C16H14F3N3O3. The first-order valence-electron chi connectivity index (χ1n) is 7.09. The minimum absolute atomic E-state index is 0.253. The fourth-order valence-corrected chi connectivity index (χ4v) is 2.15. The van der Waals surface area contributed by atoms with E-state index in [2.05, 4.69) is 10.9 Å². The molecule has 25 heavy (non-hydrogen) atoms. The van der Waals surface area contributed by atoms with Gasteiger partial charge in [-0.3, -0.25) is 25.8 Å². The van der Waals surface area contributed by atoms with Gasteiger partial charge in [-0.1, -0.05) is 12.1 Å². The molecule has 0 saturated carbocycles. The smallest absolute Gasteiger partial charge is 0.292 e. The summed E-state index contributed by atoms with van der Waals surface area (Å²) in [5, 5.41) is 11.0. The zero-order valence-electron chi connectivity index (χ0n) is 13.3. The van der Waals surface area contributed by atoms with E-state index in [0.29, 0.717) is 17.7 Å². The second-order valence-electron chi connectivity index (χ2n) is 5.31. The second-order valence-corrected chi connectivity index (χ2v) is 5.31. The molecule has 132 valence electrons. The Kier molecular flexibility index (Phi) is 4.96. The number of hydrogen-bond donors (Lipinski definition) is 2. The van der Waals surface area contributed by atoms with Gasteiger partial charge in [0, 0.05) is 11.6 Å². The Morgan fingerprint density at radius 3 is 2.44 bits per heavy atom. The van der Waals surface area contributed by atoms with Crippen molar-refractivity contribution in [1.82, 2.24) is 5.43 Å². The van der Waals surface area contributed by atoms with Crippen LogP contribution in [0.1, 0.15) is 27.0 Å². The van der Waals surface area contributed by atoms with E-state index in [4.69, 9.17) is 0 Å². The van der Waals surface area contributed by atoms with Gasteiger partial charge in [0.25, 0.3) is 11.6 Å². The molecule has 0 unspecified atom stereocenters. The van der Waals surface area contributed by atoms with Gasteiger partial charge in [0.1, 0.15) is 5.69 Å². The number of aryl methyl sites for hydroxylation is 1. The Morgan fingerprint density at radius 2 is 1.84 bits per heavy atom. The Hall–Kier alpha value is -3.10. The third-order valence-electron chi connectivity index (χ3n) is 3.68. The summed E-state index contributed by atoms with van der Waals surface area (Å²) in [6.45, 7) is 3.56. The van der Waals surface area contributed by atoms with Crippen molar-refractivity contribution in [3.63, 3.8) is 0 Å². The monoisotopic (exact) mass is 353 g/mol. The molecule has 6 nitrogen and oxygen atoms in total. The Bertz CT molecular complexity index is 835. The topological polar surface area (TPSA) is 84.3 Å². The molecule has 0 bridgehead atoms. The van der Waals surface area contributed by atoms with Crippen molar-refractivity contribution in [3.8, 4) is 0 Å². The van der Waals surface area contributed by atoms with Gasteiger partial charge in [-0.2, -0.15) is 13.2 Å². The predicted octanol–water partition coefficient (Wildman–Crippen LogP) is 3.99. The van der Waals surface area contributed by atoms with Crippen LogP contribution in [0.2, 0.25) is 0 Å². The lowest BCUT2D eigenvalue weighted by Crippen LogP contribution is -2.30. The Labute approximate surface area is 140 Å². The molecule has 2 aromatic carbocycles. The van der Waals surface area contributed by atoms with E-state index in [1.807, 2.05) is 13.0 Å². The van der Waals surface area contributed by atoms with E-state index >= 15 is 0 Å². The lowest BCUT2D eigenvalue weighted by Gasteiger charge is -2.13. The van der Waals surface area contributed by atoms with Crippen LogP contribution in [0, 0.1) is 24.0 Å². The van der Waals surface area contributed by atoms with Crippen LogP contribution in [-0.2, 0) is 6.18 Å². The number of amides is 1. The first kappa shape index (κ1) is 18.2. The fraction of sp³-hybridized carbons (Fsp3) is 0.188. The van der Waals surface area contributed by atoms with Crippen molar-refractivity contribution >= 4 is 17.3 Å². The molecule has 2 aromatic rings. The third kappa shape index (κ3) is 4.06. The number of carbonyl (C=O) groups is 1. The molecule has 0 aliphatic carbocycles. The van der Waals surface area contributed by atoms with E-state index in [0.717, 1.165) is 17.2 Å². The molecular weight excluding hydrogens is 339 g/mol. The molecule has 0 atom stereocenters. The van der Waals surface area contributed by atoms with Crippen LogP contribution in [0.4, 0.5) is 24.5 Å². The minimum Gasteiger partial charge on any atom is -0.292 e. The Morgan fingerprint density at radius 1 is 1.16 bits per heavy atom. The number of hydrazine groups is 1. The van der Waals surface area contributed by atoms with Crippen molar-refractivity contribution < 1.29 is 22.9 Å². The van der Waals surface area contributed by atoms with E-state index in [1.54, 1.807) is 19.1 Å². The van der Waals surface area contributed by atoms with E-state index in [9.17, 15) is 28.1 Å². The number of rotatable bonds is 4. The van der Waals surface area contributed by atoms with Crippen LogP contribution in [0.5, 0.6) is 0 Å². The van der Waals surface area contributed by atoms with Crippen molar-refractivity contribution in [3.05, 3.63) is 68.8 Å². The zero-order chi connectivity index (χ0) is 18.8. The second kappa shape index (κ2) is 6.80. The zero-order valence-corrected chi connectivity index (χ0v) is 13.3. The van der Waals surface area contributed by atoms with Gasteiger partial charge in [-0.05, 0) is 43.2 Å². The molecule has 0 heterocycles. The van der Waals surface area contributed by atoms with Gasteiger partial charge < -0.3 is 0 Å². The molecule has 0 saturated heterocycles. The number of carbonyl (C=O) groups excluding carboxylic acids is 1. The average molecular weight is 353 g/mol. The third-order valence-corrected chi connectivity index (χ3v) is 3.68. The summed E-state index contributed by atoms with van der Waals surface area (Å²) in [6.07, 6.45) is -4.70. The predicted molar refractivity (Wildman–Crippen MR) is 85.1 cm³/mol. The van der Waals surface area contributed by atoms with Gasteiger partial charge in [0.05, 0.1) is 10.5 Å². The molecule has 2 rings (SSSR count). The molecule has 2 N–H and O–H groups in total. The molecule has 0 spiro atoms. The standard InChI is InChI=1S/C16H14F3N3O3/c1-9-4-3-5-12(10(9)2)15(23)21-20-13-7-6-11(16(17,18)19)8-14(13)22(24)25/h3-8,20H,1-2H3,(H,21,23). The van der Waals surface area contributed by atoms with Crippen molar-refractivity contribution in [2.24, 2.45) is 0 Å². The highest BCUT2D eigenvalue weighted by molar-refractivity contribution is 5.96. The highest BCUT2D eigenvalue weighted by Crippen LogP contribution is 2.34. The molecule has 0 radical (unpaired) electrons. The lowest BCUT2D eigenvalue weighted by molar-refractivity contribution is -0.384. The van der Waals surface area contributed by atoms with Crippen molar-refractivity contribution in [2.45, 2.75) is 20.0 Å². The summed E-state index contributed by atoms with van der Waals surface area (Å²) in [4.78, 5) is 22.2. The van der Waals surface area contributed by atoms with Crippen LogP contribution in [0.3, 0.4) is 0 Å². The SMILES string of the molecule is Cc1cccc(C(=O)NNc2ccc(C(F)(F)F)cc2[N+](=O)[O-])c1C. The van der Waals surface area contributed by atoms with Crippen LogP contribution < -0.4 is 10.9 Å². The van der Waals surface area contributed by atoms with Gasteiger partial charge in [-0.15, -0.1) is 0 Å². The summed E-state index contributed by atoms with van der Waals surface area (Å²) in [7, 11) is 0. The summed E-state index contributed by atoms with van der Waals surface area (Å²) >= 11 is 0. The van der Waals surface area contributed by atoms with Crippen molar-refractivity contribution in [2.75, 3.05) is 5.43 Å². The molecule has 0 fully saturated rings. The number of benzene rings is 2. The molecule has 0 aliphatic rings. The first-order valence-corrected chi connectivity index (χ1v) is 7.09. The van der Waals surface area contributed by atoms with Crippen molar-refractivity contribution in [1.29, 1.82) is 0 Å². The summed E-state index contributed by atoms with van der Waals surface area (Å²) < 4.78 is 38.0. The van der Waals surface area contributed by atoms with Gasteiger partial charge >= 0.3 is 6.18 Å².